The summed E-state index contributed by atoms with van der Waals surface area (Å²) in [5, 5.41) is 14.7. The Morgan fingerprint density at radius 1 is 1.27 bits per heavy atom. The summed E-state index contributed by atoms with van der Waals surface area (Å²) in [5.41, 5.74) is -2.54. The third-order valence-electron chi connectivity index (χ3n) is 3.94. The Hall–Kier alpha value is -3.50. The fraction of sp³-hybridized carbons (Fsp3) is 0.474. The molecule has 180 valence electrons. The summed E-state index contributed by atoms with van der Waals surface area (Å²) >= 11 is 0. The normalized spacial score (nSPS) is 11.9. The van der Waals surface area contributed by atoms with E-state index < -0.39 is 48.3 Å². The quantitative estimate of drug-likeness (QED) is 0.560. The van der Waals surface area contributed by atoms with Crippen molar-refractivity contribution in [1.82, 2.24) is 15.5 Å². The van der Waals surface area contributed by atoms with Gasteiger partial charge in [-0.15, -0.1) is 0 Å². The van der Waals surface area contributed by atoms with Gasteiger partial charge in [-0.25, -0.2) is 4.79 Å². The fourth-order valence-electron chi connectivity index (χ4n) is 2.55. The topological polar surface area (TPSA) is 104 Å². The second-order valence-corrected chi connectivity index (χ2v) is 7.26. The van der Waals surface area contributed by atoms with Crippen molar-refractivity contribution in [2.75, 3.05) is 18.1 Å². The summed E-state index contributed by atoms with van der Waals surface area (Å²) < 4.78 is 88.6. The number of nitriles is 1. The summed E-state index contributed by atoms with van der Waals surface area (Å²) in [7, 11) is 0. The number of ether oxygens (including phenoxy) is 1. The van der Waals surface area contributed by atoms with Crippen molar-refractivity contribution in [3.05, 3.63) is 41.0 Å². The molecule has 0 bridgehead atoms. The number of nitrogens with one attached hydrogen (secondary N) is 1. The number of carbonyl (C=O) groups excluding carboxylic acids is 1. The molecule has 0 aliphatic carbocycles. The minimum atomic E-state index is -4.94. The summed E-state index contributed by atoms with van der Waals surface area (Å²) in [6, 6.07) is 3.57. The molecule has 0 aliphatic heterocycles. The zero-order valence-electron chi connectivity index (χ0n) is 17.4. The van der Waals surface area contributed by atoms with Crippen LogP contribution in [0.3, 0.4) is 0 Å². The van der Waals surface area contributed by atoms with Crippen molar-refractivity contribution in [3.8, 4) is 6.07 Å². The zero-order valence-corrected chi connectivity index (χ0v) is 17.4. The molecule has 1 N–H and O–H groups in total. The van der Waals surface area contributed by atoms with Crippen molar-refractivity contribution in [1.29, 1.82) is 5.26 Å². The second-order valence-electron chi connectivity index (χ2n) is 7.26. The number of hydrogen-bond acceptors (Lipinski definition) is 7. The molecule has 0 fully saturated rings. The first-order valence-electron chi connectivity index (χ1n) is 9.43. The first-order chi connectivity index (χ1) is 15.3. The summed E-state index contributed by atoms with van der Waals surface area (Å²) in [5.74, 6) is -0.302. The van der Waals surface area contributed by atoms with E-state index in [9.17, 15) is 31.1 Å². The van der Waals surface area contributed by atoms with Gasteiger partial charge in [0.2, 0.25) is 5.89 Å². The number of rotatable bonds is 8. The van der Waals surface area contributed by atoms with Crippen LogP contribution in [0.4, 0.5) is 36.8 Å². The molecule has 0 atom stereocenters. The Labute approximate surface area is 184 Å². The molecule has 33 heavy (non-hydrogen) atoms. The number of benzene rings is 1. The van der Waals surface area contributed by atoms with Crippen molar-refractivity contribution in [2.45, 2.75) is 39.3 Å². The zero-order chi connectivity index (χ0) is 24.8. The van der Waals surface area contributed by atoms with E-state index >= 15 is 0 Å². The molecule has 2 aromatic rings. The van der Waals surface area contributed by atoms with Crippen LogP contribution in [0.15, 0.2) is 22.7 Å². The molecule has 0 aliphatic rings. The molecule has 1 amide bonds. The van der Waals surface area contributed by atoms with Gasteiger partial charge in [0, 0.05) is 5.69 Å². The Morgan fingerprint density at radius 2 is 1.97 bits per heavy atom. The van der Waals surface area contributed by atoms with E-state index in [0.717, 1.165) is 12.1 Å². The molecule has 1 heterocycles. The minimum absolute atomic E-state index is 0.102. The maximum Gasteiger partial charge on any atom is 0.417 e. The van der Waals surface area contributed by atoms with Gasteiger partial charge >= 0.3 is 18.4 Å². The highest BCUT2D eigenvalue weighted by Crippen LogP contribution is 2.35. The standard InChI is InChI=1S/C19H19F6N5O3/c1-11(2)9-32-17(31)27-7-16-28-15(29-33-16)8-30(10-18(20,21)22)13-4-3-12(6-26)14(5-13)19(23,24)25/h3-5,11H,7-10H2,1-2H3,(H,27,31). The molecular formula is C19H19F6N5O3. The first-order valence-corrected chi connectivity index (χ1v) is 9.43. The van der Waals surface area contributed by atoms with Gasteiger partial charge in [0.25, 0.3) is 0 Å². The molecular weight excluding hydrogens is 460 g/mol. The van der Waals surface area contributed by atoms with Crippen LogP contribution in [-0.4, -0.2) is 35.6 Å². The molecule has 1 aromatic heterocycles. The number of anilines is 1. The number of aromatic nitrogens is 2. The Bertz CT molecular complexity index is 997. The van der Waals surface area contributed by atoms with Gasteiger partial charge in [-0.05, 0) is 24.1 Å². The van der Waals surface area contributed by atoms with E-state index in [0.29, 0.717) is 11.0 Å². The number of halogens is 6. The van der Waals surface area contributed by atoms with Crippen molar-refractivity contribution >= 4 is 11.8 Å². The van der Waals surface area contributed by atoms with E-state index in [4.69, 9.17) is 14.5 Å². The average molecular weight is 479 g/mol. The average Bonchev–Trinajstić information content (AvgIpc) is 3.15. The van der Waals surface area contributed by atoms with Gasteiger partial charge in [0.05, 0.1) is 30.3 Å². The lowest BCUT2D eigenvalue weighted by molar-refractivity contribution is -0.137. The summed E-state index contributed by atoms with van der Waals surface area (Å²) in [6.07, 6.45) is -10.5. The highest BCUT2D eigenvalue weighted by Gasteiger charge is 2.36. The molecule has 0 radical (unpaired) electrons. The minimum Gasteiger partial charge on any atom is -0.449 e. The molecule has 0 saturated heterocycles. The van der Waals surface area contributed by atoms with Crippen LogP contribution in [0.2, 0.25) is 0 Å². The van der Waals surface area contributed by atoms with Gasteiger partial charge in [0.1, 0.15) is 13.1 Å². The Balaban J connectivity index is 2.19. The third kappa shape index (κ3) is 8.17. The molecule has 2 rings (SSSR count). The van der Waals surface area contributed by atoms with E-state index in [1.807, 2.05) is 13.8 Å². The van der Waals surface area contributed by atoms with Crippen LogP contribution in [0, 0.1) is 17.2 Å². The number of amides is 1. The van der Waals surface area contributed by atoms with Crippen molar-refractivity contribution in [3.63, 3.8) is 0 Å². The summed E-state index contributed by atoms with van der Waals surface area (Å²) in [6.45, 7) is 1.30. The largest absolute Gasteiger partial charge is 0.449 e. The van der Waals surface area contributed by atoms with Crippen LogP contribution in [0.25, 0.3) is 0 Å². The molecule has 14 heteroatoms. The van der Waals surface area contributed by atoms with Gasteiger partial charge in [0.15, 0.2) is 5.82 Å². The lowest BCUT2D eigenvalue weighted by atomic mass is 10.1. The maximum absolute atomic E-state index is 13.2. The van der Waals surface area contributed by atoms with Crippen LogP contribution in [0.1, 0.15) is 36.7 Å². The molecule has 8 nitrogen and oxygen atoms in total. The SMILES string of the molecule is CC(C)COC(=O)NCc1nc(CN(CC(F)(F)F)c2ccc(C#N)c(C(F)(F)F)c2)no1. The second kappa shape index (κ2) is 10.4. The third-order valence-corrected chi connectivity index (χ3v) is 3.94. The first kappa shape index (κ1) is 25.8. The molecule has 0 unspecified atom stereocenters. The van der Waals surface area contributed by atoms with Crippen LogP contribution >= 0.6 is 0 Å². The van der Waals surface area contributed by atoms with Gasteiger partial charge in [-0.2, -0.15) is 36.6 Å². The molecule has 1 aromatic carbocycles. The fourth-order valence-corrected chi connectivity index (χ4v) is 2.55. The summed E-state index contributed by atoms with van der Waals surface area (Å²) in [4.78, 5) is 16.0. The molecule has 0 spiro atoms. The van der Waals surface area contributed by atoms with Gasteiger partial charge in [-0.1, -0.05) is 19.0 Å². The maximum atomic E-state index is 13.2. The van der Waals surface area contributed by atoms with Gasteiger partial charge < -0.3 is 19.5 Å². The smallest absolute Gasteiger partial charge is 0.417 e. The van der Waals surface area contributed by atoms with Crippen molar-refractivity contribution in [2.24, 2.45) is 5.92 Å². The van der Waals surface area contributed by atoms with Crippen LogP contribution in [-0.2, 0) is 24.0 Å². The number of nitrogens with zero attached hydrogens (tertiary/aromatic N) is 4. The van der Waals surface area contributed by atoms with Crippen molar-refractivity contribution < 1.29 is 40.4 Å². The monoisotopic (exact) mass is 479 g/mol. The highest BCUT2D eigenvalue weighted by molar-refractivity contribution is 5.66. The Morgan fingerprint density at radius 3 is 2.55 bits per heavy atom. The van der Waals surface area contributed by atoms with E-state index in [2.05, 4.69) is 15.5 Å². The molecule has 0 saturated carbocycles. The number of alkyl carbamates (subject to hydrolysis) is 1. The van der Waals surface area contributed by atoms with E-state index in [1.54, 1.807) is 0 Å². The van der Waals surface area contributed by atoms with Crippen LogP contribution in [0.5, 0.6) is 0 Å². The van der Waals surface area contributed by atoms with Gasteiger partial charge in [-0.3, -0.25) is 0 Å². The number of alkyl halides is 6. The predicted octanol–water partition coefficient (Wildman–Crippen LogP) is 4.41. The number of carbonyl (C=O) groups is 1. The van der Waals surface area contributed by atoms with Crippen LogP contribution < -0.4 is 10.2 Å². The predicted molar refractivity (Wildman–Crippen MR) is 101 cm³/mol. The number of hydrogen-bond donors (Lipinski definition) is 1. The van der Waals surface area contributed by atoms with E-state index in [-0.39, 0.29) is 30.8 Å². The van der Waals surface area contributed by atoms with E-state index in [1.165, 1.54) is 6.07 Å². The lowest BCUT2D eigenvalue weighted by Crippen LogP contribution is -2.34. The Kier molecular flexibility index (Phi) is 8.13. The highest BCUT2D eigenvalue weighted by atomic mass is 19.4. The lowest BCUT2D eigenvalue weighted by Gasteiger charge is -2.25.